The topological polar surface area (TPSA) is 46.1 Å². The van der Waals surface area contributed by atoms with E-state index in [2.05, 4.69) is 24.0 Å². The normalized spacial score (nSPS) is 10.9. The van der Waals surface area contributed by atoms with Gasteiger partial charge in [0.15, 0.2) is 5.13 Å². The summed E-state index contributed by atoms with van der Waals surface area (Å²) in [5, 5.41) is 1.06. The summed E-state index contributed by atoms with van der Waals surface area (Å²) >= 11 is 7.80. The molecule has 0 aliphatic heterocycles. The van der Waals surface area contributed by atoms with Crippen LogP contribution < -0.4 is 4.90 Å². The largest absolute Gasteiger partial charge is 0.278 e. The minimum absolute atomic E-state index is 0.189. The molecule has 28 heavy (non-hydrogen) atoms. The molecule has 6 heteroatoms. The molecule has 0 N–H and O–H groups in total. The van der Waals surface area contributed by atoms with Crippen LogP contribution in [-0.4, -0.2) is 15.9 Å². The van der Waals surface area contributed by atoms with Gasteiger partial charge in [0, 0.05) is 6.20 Å². The first kappa shape index (κ1) is 18.6. The second-order valence-corrected chi connectivity index (χ2v) is 7.76. The summed E-state index contributed by atoms with van der Waals surface area (Å²) in [6.07, 6.45) is 2.68. The molecule has 0 atom stereocenters. The lowest BCUT2D eigenvalue weighted by atomic mass is 10.2. The molecule has 140 valence electrons. The molecule has 0 fully saturated rings. The Bertz CT molecular complexity index is 1130. The van der Waals surface area contributed by atoms with E-state index in [0.29, 0.717) is 22.3 Å². The predicted octanol–water partition coefficient (Wildman–Crippen LogP) is 5.75. The third-order valence-corrected chi connectivity index (χ3v) is 5.85. The highest BCUT2D eigenvalue weighted by atomic mass is 35.5. The molecule has 4 aromatic rings. The van der Waals surface area contributed by atoms with Gasteiger partial charge in [-0.1, -0.05) is 54.1 Å². The van der Waals surface area contributed by atoms with Gasteiger partial charge in [0.1, 0.15) is 0 Å². The van der Waals surface area contributed by atoms with Gasteiger partial charge in [0.05, 0.1) is 33.0 Å². The number of hydrogen-bond donors (Lipinski definition) is 0. The molecule has 1 amide bonds. The van der Waals surface area contributed by atoms with E-state index in [1.165, 1.54) is 16.9 Å². The van der Waals surface area contributed by atoms with Crippen LogP contribution in [0.3, 0.4) is 0 Å². The van der Waals surface area contributed by atoms with Gasteiger partial charge in [-0.2, -0.15) is 0 Å². The number of halogens is 1. The van der Waals surface area contributed by atoms with Gasteiger partial charge < -0.3 is 0 Å². The second kappa shape index (κ2) is 8.09. The van der Waals surface area contributed by atoms with E-state index >= 15 is 0 Å². The first-order valence-electron chi connectivity index (χ1n) is 9.01. The molecule has 2 aromatic carbocycles. The number of carbonyl (C=O) groups is 1. The van der Waals surface area contributed by atoms with Crippen molar-refractivity contribution in [3.63, 3.8) is 0 Å². The van der Waals surface area contributed by atoms with Crippen LogP contribution in [0.25, 0.3) is 10.2 Å². The lowest BCUT2D eigenvalue weighted by Gasteiger charge is -2.20. The van der Waals surface area contributed by atoms with E-state index in [-0.39, 0.29) is 5.91 Å². The van der Waals surface area contributed by atoms with Gasteiger partial charge in [0.2, 0.25) is 0 Å². The average molecular weight is 408 g/mol. The summed E-state index contributed by atoms with van der Waals surface area (Å²) in [4.78, 5) is 24.1. The van der Waals surface area contributed by atoms with Crippen LogP contribution in [0.15, 0.2) is 66.9 Å². The van der Waals surface area contributed by atoms with E-state index in [0.717, 1.165) is 22.3 Å². The lowest BCUT2D eigenvalue weighted by Crippen LogP contribution is -2.30. The van der Waals surface area contributed by atoms with Crippen molar-refractivity contribution < 1.29 is 4.79 Å². The van der Waals surface area contributed by atoms with E-state index in [1.54, 1.807) is 23.2 Å². The fourth-order valence-corrected chi connectivity index (χ4v) is 4.20. The van der Waals surface area contributed by atoms with E-state index < -0.39 is 0 Å². The van der Waals surface area contributed by atoms with Crippen molar-refractivity contribution in [2.24, 2.45) is 0 Å². The maximum atomic E-state index is 13.4. The van der Waals surface area contributed by atoms with Crippen molar-refractivity contribution in [1.29, 1.82) is 0 Å². The molecule has 0 bridgehead atoms. The molecule has 0 aliphatic rings. The van der Waals surface area contributed by atoms with Crippen LogP contribution in [0.2, 0.25) is 5.02 Å². The monoisotopic (exact) mass is 407 g/mol. The minimum atomic E-state index is -0.189. The van der Waals surface area contributed by atoms with Gasteiger partial charge in [-0.3, -0.25) is 14.7 Å². The summed E-state index contributed by atoms with van der Waals surface area (Å²) in [7, 11) is 0. The standard InChI is InChI=1S/C22H18ClN3OS/c1-2-15-10-11-19-20(13-15)28-22(25-19)26(14-16-7-5-6-12-24-16)21(27)17-8-3-4-9-18(17)23/h3-13H,2,14H2,1H3. The molecular weight excluding hydrogens is 390 g/mol. The Labute approximate surface area is 172 Å². The van der Waals surface area contributed by atoms with Gasteiger partial charge in [-0.25, -0.2) is 4.98 Å². The number of pyridine rings is 1. The number of aromatic nitrogens is 2. The van der Waals surface area contributed by atoms with Gasteiger partial charge >= 0.3 is 0 Å². The summed E-state index contributed by atoms with van der Waals surface area (Å²) in [5.74, 6) is -0.189. The van der Waals surface area contributed by atoms with Crippen LogP contribution in [0.1, 0.15) is 28.5 Å². The molecule has 0 radical (unpaired) electrons. The van der Waals surface area contributed by atoms with Crippen molar-refractivity contribution in [3.8, 4) is 0 Å². The number of amides is 1. The number of fused-ring (bicyclic) bond motifs is 1. The third-order valence-electron chi connectivity index (χ3n) is 4.48. The Morgan fingerprint density at radius 3 is 2.68 bits per heavy atom. The van der Waals surface area contributed by atoms with Crippen molar-refractivity contribution >= 4 is 44.2 Å². The van der Waals surface area contributed by atoms with Crippen molar-refractivity contribution in [3.05, 3.63) is 88.7 Å². The fraction of sp³-hybridized carbons (Fsp3) is 0.136. The molecule has 4 rings (SSSR count). The number of rotatable bonds is 5. The third kappa shape index (κ3) is 3.77. The van der Waals surface area contributed by atoms with Gasteiger partial charge in [0.25, 0.3) is 5.91 Å². The van der Waals surface area contributed by atoms with Crippen LogP contribution in [-0.2, 0) is 13.0 Å². The second-order valence-electron chi connectivity index (χ2n) is 6.34. The number of nitrogens with zero attached hydrogens (tertiary/aromatic N) is 3. The van der Waals surface area contributed by atoms with Crippen molar-refractivity contribution in [1.82, 2.24) is 9.97 Å². The Hall–Kier alpha value is -2.76. The zero-order chi connectivity index (χ0) is 19.5. The molecule has 0 spiro atoms. The highest BCUT2D eigenvalue weighted by Crippen LogP contribution is 2.32. The van der Waals surface area contributed by atoms with Crippen molar-refractivity contribution in [2.45, 2.75) is 19.9 Å². The van der Waals surface area contributed by atoms with Gasteiger partial charge in [-0.15, -0.1) is 0 Å². The summed E-state index contributed by atoms with van der Waals surface area (Å²) in [5.41, 5.74) is 3.37. The number of carbonyl (C=O) groups excluding carboxylic acids is 1. The first-order chi connectivity index (χ1) is 13.7. The van der Waals surface area contributed by atoms with Crippen LogP contribution in [0, 0.1) is 0 Å². The lowest BCUT2D eigenvalue weighted by molar-refractivity contribution is 0.0985. The molecule has 0 aliphatic carbocycles. The Kier molecular flexibility index (Phi) is 5.37. The average Bonchev–Trinajstić information content (AvgIpc) is 3.15. The maximum absolute atomic E-state index is 13.4. The Morgan fingerprint density at radius 2 is 1.93 bits per heavy atom. The number of anilines is 1. The molecule has 2 aromatic heterocycles. The van der Waals surface area contributed by atoms with Crippen LogP contribution in [0.4, 0.5) is 5.13 Å². The first-order valence-corrected chi connectivity index (χ1v) is 10.2. The summed E-state index contributed by atoms with van der Waals surface area (Å²) in [6.45, 7) is 2.45. The predicted molar refractivity (Wildman–Crippen MR) is 115 cm³/mol. The zero-order valence-electron chi connectivity index (χ0n) is 15.3. The molecular formula is C22H18ClN3OS. The van der Waals surface area contributed by atoms with Crippen molar-refractivity contribution in [2.75, 3.05) is 4.90 Å². The van der Waals surface area contributed by atoms with Crippen LogP contribution in [0.5, 0.6) is 0 Å². The maximum Gasteiger partial charge on any atom is 0.261 e. The van der Waals surface area contributed by atoms with Gasteiger partial charge in [-0.05, 0) is 48.4 Å². The fourth-order valence-electron chi connectivity index (χ4n) is 2.95. The highest BCUT2D eigenvalue weighted by molar-refractivity contribution is 7.22. The number of benzene rings is 2. The minimum Gasteiger partial charge on any atom is -0.278 e. The Morgan fingerprint density at radius 1 is 1.11 bits per heavy atom. The zero-order valence-corrected chi connectivity index (χ0v) is 16.9. The smallest absolute Gasteiger partial charge is 0.261 e. The number of hydrogen-bond acceptors (Lipinski definition) is 4. The molecule has 4 nitrogen and oxygen atoms in total. The highest BCUT2D eigenvalue weighted by Gasteiger charge is 2.23. The number of thiazole rings is 1. The molecule has 0 saturated heterocycles. The molecule has 0 saturated carbocycles. The summed E-state index contributed by atoms with van der Waals surface area (Å²) < 4.78 is 1.06. The summed E-state index contributed by atoms with van der Waals surface area (Å²) in [6, 6.07) is 19.0. The molecule has 0 unspecified atom stereocenters. The Balaban J connectivity index is 1.78. The van der Waals surface area contributed by atoms with E-state index in [9.17, 15) is 4.79 Å². The molecule has 2 heterocycles. The van der Waals surface area contributed by atoms with Crippen LogP contribution >= 0.6 is 22.9 Å². The van der Waals surface area contributed by atoms with E-state index in [4.69, 9.17) is 16.6 Å². The van der Waals surface area contributed by atoms with E-state index in [1.807, 2.05) is 36.4 Å². The SMILES string of the molecule is CCc1ccc2nc(N(Cc3ccccn3)C(=O)c3ccccc3Cl)sc2c1. The number of aryl methyl sites for hydroxylation is 1. The quantitative estimate of drug-likeness (QED) is 0.423.